The minimum atomic E-state index is -0.819. The maximum absolute atomic E-state index is 14.6. The van der Waals surface area contributed by atoms with Crippen LogP contribution in [0.25, 0.3) is 11.3 Å². The molecular weight excluding hydrogens is 384 g/mol. The summed E-state index contributed by atoms with van der Waals surface area (Å²) >= 11 is 5.90. The van der Waals surface area contributed by atoms with Crippen molar-refractivity contribution in [3.63, 3.8) is 0 Å². The van der Waals surface area contributed by atoms with Gasteiger partial charge in [-0.05, 0) is 23.8 Å². The molecule has 0 bridgehead atoms. The molecule has 0 saturated heterocycles. The predicted octanol–water partition coefficient (Wildman–Crippen LogP) is 4.66. The first-order chi connectivity index (χ1) is 13.5. The molecule has 2 unspecified atom stereocenters. The van der Waals surface area contributed by atoms with Gasteiger partial charge in [0.2, 0.25) is 0 Å². The number of aromatic nitrogens is 2. The fourth-order valence-electron chi connectivity index (χ4n) is 3.46. The van der Waals surface area contributed by atoms with Crippen LogP contribution in [0.15, 0.2) is 42.7 Å². The summed E-state index contributed by atoms with van der Waals surface area (Å²) in [6, 6.07) is 7.71. The molecule has 0 spiro atoms. The minimum Gasteiger partial charge on any atom is -0.490 e. The third-order valence-corrected chi connectivity index (χ3v) is 5.26. The van der Waals surface area contributed by atoms with E-state index in [1.807, 2.05) is 25.1 Å². The number of hydrogen-bond acceptors (Lipinski definition) is 4. The van der Waals surface area contributed by atoms with Gasteiger partial charge in [-0.25, -0.2) is 13.8 Å². The Balaban J connectivity index is 1.93. The molecule has 2 aromatic heterocycles. The number of hydrogen-bond donors (Lipinski definition) is 1. The molecule has 1 aliphatic rings. The Kier molecular flexibility index (Phi) is 5.00. The summed E-state index contributed by atoms with van der Waals surface area (Å²) in [5.74, 6) is -1.17. The summed E-state index contributed by atoms with van der Waals surface area (Å²) < 4.78 is 34.0. The monoisotopic (exact) mass is 401 g/mol. The van der Waals surface area contributed by atoms with Gasteiger partial charge in [-0.15, -0.1) is 0 Å². The van der Waals surface area contributed by atoms with Crippen molar-refractivity contribution in [2.24, 2.45) is 5.73 Å². The first kappa shape index (κ1) is 18.8. The van der Waals surface area contributed by atoms with Gasteiger partial charge in [0.15, 0.2) is 0 Å². The van der Waals surface area contributed by atoms with Gasteiger partial charge in [-0.3, -0.25) is 4.98 Å². The second kappa shape index (κ2) is 7.45. The molecule has 4 rings (SSSR count). The van der Waals surface area contributed by atoms with Gasteiger partial charge in [0, 0.05) is 48.0 Å². The lowest BCUT2D eigenvalue weighted by molar-refractivity contribution is 0.337. The Morgan fingerprint density at radius 2 is 2.11 bits per heavy atom. The summed E-state index contributed by atoms with van der Waals surface area (Å²) in [6.07, 6.45) is 3.42. The van der Waals surface area contributed by atoms with E-state index >= 15 is 0 Å². The van der Waals surface area contributed by atoms with Crippen LogP contribution in [-0.2, 0) is 0 Å². The molecule has 0 radical (unpaired) electrons. The van der Waals surface area contributed by atoms with Gasteiger partial charge in [0.25, 0.3) is 0 Å². The van der Waals surface area contributed by atoms with Gasteiger partial charge in [0.05, 0.1) is 17.3 Å². The fraction of sp³-hybridized carbons (Fsp3) is 0.238. The predicted molar refractivity (Wildman–Crippen MR) is 104 cm³/mol. The van der Waals surface area contributed by atoms with Crippen molar-refractivity contribution in [1.29, 1.82) is 0 Å². The second-order valence-electron chi connectivity index (χ2n) is 6.85. The largest absolute Gasteiger partial charge is 0.490 e. The van der Waals surface area contributed by atoms with Gasteiger partial charge < -0.3 is 10.5 Å². The number of ether oxygens (including phenoxy) is 1. The van der Waals surface area contributed by atoms with Crippen molar-refractivity contribution in [2.45, 2.75) is 18.8 Å². The number of fused-ring (bicyclic) bond motifs is 1. The van der Waals surface area contributed by atoms with E-state index in [9.17, 15) is 8.78 Å². The lowest BCUT2D eigenvalue weighted by Crippen LogP contribution is -2.16. The minimum absolute atomic E-state index is 0.0977. The molecule has 0 aliphatic carbocycles. The molecule has 144 valence electrons. The van der Waals surface area contributed by atoms with E-state index in [2.05, 4.69) is 9.97 Å². The number of nitrogens with two attached hydrogens (primary N) is 1. The maximum Gasteiger partial charge on any atom is 0.149 e. The molecule has 3 aromatic rings. The van der Waals surface area contributed by atoms with Crippen LogP contribution in [0.2, 0.25) is 5.02 Å². The zero-order chi connectivity index (χ0) is 19.8. The van der Waals surface area contributed by atoms with Gasteiger partial charge >= 0.3 is 0 Å². The molecule has 0 fully saturated rings. The number of rotatable bonds is 4. The molecule has 2 atom stereocenters. The first-order valence-corrected chi connectivity index (χ1v) is 9.30. The number of benzene rings is 1. The van der Waals surface area contributed by atoms with Crippen LogP contribution >= 0.6 is 11.6 Å². The average Bonchev–Trinajstić information content (AvgIpc) is 3.07. The van der Waals surface area contributed by atoms with Crippen LogP contribution in [0.1, 0.15) is 35.6 Å². The summed E-state index contributed by atoms with van der Waals surface area (Å²) in [7, 11) is 0. The highest BCUT2D eigenvalue weighted by Gasteiger charge is 2.29. The Bertz CT molecular complexity index is 1030. The van der Waals surface area contributed by atoms with Gasteiger partial charge in [0.1, 0.15) is 23.1 Å². The van der Waals surface area contributed by atoms with Gasteiger partial charge in [-0.1, -0.05) is 24.6 Å². The fourth-order valence-corrected chi connectivity index (χ4v) is 3.63. The van der Waals surface area contributed by atoms with Crippen molar-refractivity contribution < 1.29 is 13.5 Å². The summed E-state index contributed by atoms with van der Waals surface area (Å²) in [5.41, 5.74) is 8.95. The quantitative estimate of drug-likeness (QED) is 0.646. The van der Waals surface area contributed by atoms with Crippen LogP contribution in [-0.4, -0.2) is 23.1 Å². The molecule has 7 heteroatoms. The molecule has 1 aromatic carbocycles. The van der Waals surface area contributed by atoms with Crippen molar-refractivity contribution in [1.82, 2.24) is 9.97 Å². The lowest BCUT2D eigenvalue weighted by atomic mass is 9.92. The van der Waals surface area contributed by atoms with E-state index in [1.165, 1.54) is 6.07 Å². The smallest absolute Gasteiger partial charge is 0.149 e. The number of nitrogens with zero attached hydrogens (tertiary/aromatic N) is 2. The van der Waals surface area contributed by atoms with E-state index in [-0.39, 0.29) is 22.4 Å². The second-order valence-corrected chi connectivity index (χ2v) is 7.25. The first-order valence-electron chi connectivity index (χ1n) is 8.92. The van der Waals surface area contributed by atoms with Crippen molar-refractivity contribution in [2.75, 3.05) is 13.2 Å². The SMILES string of the molecule is CC1COc2c1cc(C(CN)c1cccnc1)nc2-c1cc(Cl)c(F)cc1F. The molecule has 28 heavy (non-hydrogen) atoms. The van der Waals surface area contributed by atoms with E-state index in [0.29, 0.717) is 30.3 Å². The third kappa shape index (κ3) is 3.23. The molecule has 0 saturated carbocycles. The van der Waals surface area contributed by atoms with Crippen LogP contribution in [0, 0.1) is 11.6 Å². The topological polar surface area (TPSA) is 61.0 Å². The van der Waals surface area contributed by atoms with E-state index in [0.717, 1.165) is 17.2 Å². The molecule has 0 amide bonds. The van der Waals surface area contributed by atoms with E-state index < -0.39 is 11.6 Å². The number of halogens is 3. The highest BCUT2D eigenvalue weighted by molar-refractivity contribution is 6.31. The number of pyridine rings is 2. The zero-order valence-corrected chi connectivity index (χ0v) is 15.9. The summed E-state index contributed by atoms with van der Waals surface area (Å²) in [5, 5.41) is -0.175. The normalized spacial score (nSPS) is 16.5. The van der Waals surface area contributed by atoms with Crippen molar-refractivity contribution in [3.05, 3.63) is 76.2 Å². The molecule has 2 N–H and O–H groups in total. The zero-order valence-electron chi connectivity index (χ0n) is 15.1. The third-order valence-electron chi connectivity index (χ3n) is 4.97. The Hall–Kier alpha value is -2.57. The summed E-state index contributed by atoms with van der Waals surface area (Å²) in [6.45, 7) is 2.79. The average molecular weight is 402 g/mol. The summed E-state index contributed by atoms with van der Waals surface area (Å²) in [4.78, 5) is 8.83. The van der Waals surface area contributed by atoms with Crippen LogP contribution in [0.3, 0.4) is 0 Å². The van der Waals surface area contributed by atoms with E-state index in [1.54, 1.807) is 12.4 Å². The maximum atomic E-state index is 14.6. The van der Waals surface area contributed by atoms with Crippen LogP contribution in [0.4, 0.5) is 8.78 Å². The van der Waals surface area contributed by atoms with Crippen LogP contribution in [0.5, 0.6) is 5.75 Å². The highest BCUT2D eigenvalue weighted by Crippen LogP contribution is 2.43. The van der Waals surface area contributed by atoms with Crippen molar-refractivity contribution >= 4 is 11.6 Å². The lowest BCUT2D eigenvalue weighted by Gasteiger charge is -2.18. The molecule has 1 aliphatic heterocycles. The van der Waals surface area contributed by atoms with Crippen LogP contribution < -0.4 is 10.5 Å². The Labute approximate surface area is 166 Å². The van der Waals surface area contributed by atoms with Crippen molar-refractivity contribution in [3.8, 4) is 17.0 Å². The Morgan fingerprint density at radius 1 is 1.29 bits per heavy atom. The molecule has 3 heterocycles. The highest BCUT2D eigenvalue weighted by atomic mass is 35.5. The standard InChI is InChI=1S/C21H18ClF2N3O/c1-11-10-28-21-13(11)6-19(15(8-25)12-3-2-4-26-9-12)27-20(21)14-5-16(22)18(24)7-17(14)23/h2-7,9,11,15H,8,10,25H2,1H3. The molecule has 4 nitrogen and oxygen atoms in total. The van der Waals surface area contributed by atoms with Gasteiger partial charge in [-0.2, -0.15) is 0 Å². The Morgan fingerprint density at radius 3 is 2.82 bits per heavy atom. The van der Waals surface area contributed by atoms with E-state index in [4.69, 9.17) is 22.1 Å². The molecular formula is C21H18ClF2N3O.